The van der Waals surface area contributed by atoms with Crippen LogP contribution in [-0.4, -0.2) is 10.4 Å². The average molecular weight is 216 g/mol. The zero-order valence-corrected chi connectivity index (χ0v) is 8.58. The van der Waals surface area contributed by atoms with Crippen molar-refractivity contribution in [2.75, 3.05) is 0 Å². The van der Waals surface area contributed by atoms with Gasteiger partial charge in [-0.05, 0) is 0 Å². The van der Waals surface area contributed by atoms with E-state index in [-0.39, 0.29) is 0 Å². The lowest BCUT2D eigenvalue weighted by atomic mass is 9.98. The molecule has 0 spiro atoms. The summed E-state index contributed by atoms with van der Waals surface area (Å²) in [6.45, 7) is 0. The number of aliphatic hydroxyl groups is 1. The molecule has 16 heavy (non-hydrogen) atoms. The molecule has 2 aromatic carbocycles. The van der Waals surface area contributed by atoms with Gasteiger partial charge in [-0.25, -0.2) is 5.26 Å². The van der Waals surface area contributed by atoms with Gasteiger partial charge >= 0.3 is 0 Å². The second-order valence-electron chi connectivity index (χ2n) is 3.47. The second-order valence-corrected chi connectivity index (χ2v) is 3.47. The minimum Gasteiger partial charge on any atom is -0.356 e. The molecule has 3 heteroatoms. The smallest absolute Gasteiger partial charge is 0.251 e. The van der Waals surface area contributed by atoms with E-state index >= 15 is 0 Å². The summed E-state index contributed by atoms with van der Waals surface area (Å²) >= 11 is 0. The maximum atomic E-state index is 10.3. The van der Waals surface area contributed by atoms with Crippen molar-refractivity contribution in [2.45, 2.75) is 5.79 Å². The Morgan fingerprint density at radius 1 is 0.750 bits per heavy atom. The molecule has 2 aromatic rings. The van der Waals surface area contributed by atoms with E-state index in [1.807, 2.05) is 12.1 Å². The Morgan fingerprint density at radius 2 is 1.12 bits per heavy atom. The van der Waals surface area contributed by atoms with Gasteiger partial charge in [0.25, 0.3) is 5.79 Å². The van der Waals surface area contributed by atoms with Crippen LogP contribution in [0.25, 0.3) is 0 Å². The largest absolute Gasteiger partial charge is 0.356 e. The van der Waals surface area contributed by atoms with E-state index in [0.717, 1.165) is 0 Å². The van der Waals surface area contributed by atoms with Gasteiger partial charge in [0.1, 0.15) is 0 Å². The van der Waals surface area contributed by atoms with E-state index < -0.39 is 5.79 Å². The van der Waals surface area contributed by atoms with E-state index in [4.69, 9.17) is 5.26 Å². The van der Waals surface area contributed by atoms with Crippen molar-refractivity contribution < 1.29 is 15.3 Å². The average Bonchev–Trinajstić information content (AvgIpc) is 2.40. The van der Waals surface area contributed by atoms with Crippen molar-refractivity contribution in [3.63, 3.8) is 0 Å². The van der Waals surface area contributed by atoms with Gasteiger partial charge in [-0.15, -0.1) is 0 Å². The summed E-state index contributed by atoms with van der Waals surface area (Å²) in [6.07, 6.45) is 0. The summed E-state index contributed by atoms with van der Waals surface area (Å²) in [7, 11) is 0. The zero-order valence-electron chi connectivity index (χ0n) is 8.58. The summed E-state index contributed by atoms with van der Waals surface area (Å²) < 4.78 is 0. The zero-order chi connectivity index (χ0) is 11.4. The van der Waals surface area contributed by atoms with E-state index in [1.54, 1.807) is 48.5 Å². The molecular weight excluding hydrogens is 204 g/mol. The maximum absolute atomic E-state index is 10.3. The van der Waals surface area contributed by atoms with Crippen molar-refractivity contribution in [3.8, 4) is 0 Å². The highest BCUT2D eigenvalue weighted by Crippen LogP contribution is 2.29. The van der Waals surface area contributed by atoms with Crippen LogP contribution in [-0.2, 0) is 10.7 Å². The first-order valence-electron chi connectivity index (χ1n) is 4.93. The lowest BCUT2D eigenvalue weighted by Crippen LogP contribution is -2.29. The molecule has 0 unspecified atom stereocenters. The van der Waals surface area contributed by atoms with Gasteiger partial charge in [-0.3, -0.25) is 0 Å². The Balaban J connectivity index is 2.49. The minimum absolute atomic E-state index is 0.476. The molecule has 2 N–H and O–H groups in total. The topological polar surface area (TPSA) is 49.7 Å². The molecule has 0 saturated heterocycles. The Kier molecular flexibility index (Phi) is 3.01. The highest BCUT2D eigenvalue weighted by molar-refractivity contribution is 5.32. The van der Waals surface area contributed by atoms with Crippen LogP contribution in [0.1, 0.15) is 11.1 Å². The van der Waals surface area contributed by atoms with Crippen LogP contribution in [0.3, 0.4) is 0 Å². The fourth-order valence-electron chi connectivity index (χ4n) is 1.60. The van der Waals surface area contributed by atoms with Crippen LogP contribution in [0.2, 0.25) is 0 Å². The van der Waals surface area contributed by atoms with Crippen molar-refractivity contribution in [3.05, 3.63) is 71.8 Å². The highest BCUT2D eigenvalue weighted by Gasteiger charge is 2.32. The fraction of sp³-hybridized carbons (Fsp3) is 0.0769. The Hall–Kier alpha value is -1.68. The van der Waals surface area contributed by atoms with Crippen molar-refractivity contribution in [1.82, 2.24) is 0 Å². The predicted molar refractivity (Wildman–Crippen MR) is 59.6 cm³/mol. The van der Waals surface area contributed by atoms with E-state index in [0.29, 0.717) is 11.1 Å². The van der Waals surface area contributed by atoms with Crippen LogP contribution in [0.4, 0.5) is 0 Å². The molecule has 2 rings (SSSR count). The normalized spacial score (nSPS) is 11.4. The third-order valence-corrected chi connectivity index (χ3v) is 2.46. The number of benzene rings is 2. The molecule has 0 saturated carbocycles. The summed E-state index contributed by atoms with van der Waals surface area (Å²) in [6, 6.07) is 17.5. The first kappa shape index (κ1) is 10.8. The van der Waals surface area contributed by atoms with Gasteiger partial charge in [0.05, 0.1) is 0 Å². The molecule has 0 heterocycles. The first-order valence-corrected chi connectivity index (χ1v) is 4.93. The molecule has 0 radical (unpaired) electrons. The monoisotopic (exact) mass is 216 g/mol. The molecule has 0 aliphatic heterocycles. The number of hydrogen-bond donors (Lipinski definition) is 2. The van der Waals surface area contributed by atoms with Gasteiger partial charge in [0.15, 0.2) is 0 Å². The van der Waals surface area contributed by atoms with Crippen LogP contribution < -0.4 is 0 Å². The Labute approximate surface area is 93.5 Å². The number of rotatable bonds is 3. The standard InChI is InChI=1S/C13H12O3/c14-13(16-15,11-7-3-1-4-8-11)12-9-5-2-6-10-12/h1-10,14-15H. The Bertz CT molecular complexity index is 400. The molecule has 82 valence electrons. The summed E-state index contributed by atoms with van der Waals surface area (Å²) in [5.74, 6) is -1.82. The summed E-state index contributed by atoms with van der Waals surface area (Å²) in [5.41, 5.74) is 0.951. The third-order valence-electron chi connectivity index (χ3n) is 2.46. The van der Waals surface area contributed by atoms with Crippen LogP contribution in [0.5, 0.6) is 0 Å². The van der Waals surface area contributed by atoms with Crippen LogP contribution in [0.15, 0.2) is 60.7 Å². The molecule has 0 fully saturated rings. The van der Waals surface area contributed by atoms with Crippen LogP contribution in [0, 0.1) is 0 Å². The first-order chi connectivity index (χ1) is 7.77. The molecule has 0 aliphatic carbocycles. The molecule has 0 aliphatic rings. The molecule has 0 aromatic heterocycles. The highest BCUT2D eigenvalue weighted by atomic mass is 17.1. The summed E-state index contributed by atoms with van der Waals surface area (Å²) in [4.78, 5) is 4.27. The SMILES string of the molecule is OOC(O)(c1ccccc1)c1ccccc1. The lowest BCUT2D eigenvalue weighted by molar-refractivity contribution is -0.383. The maximum Gasteiger partial charge on any atom is 0.251 e. The van der Waals surface area contributed by atoms with Crippen molar-refractivity contribution >= 4 is 0 Å². The van der Waals surface area contributed by atoms with Gasteiger partial charge < -0.3 is 5.11 Å². The summed E-state index contributed by atoms with van der Waals surface area (Å²) in [5, 5.41) is 19.2. The lowest BCUT2D eigenvalue weighted by Gasteiger charge is -2.24. The second kappa shape index (κ2) is 4.45. The molecule has 0 amide bonds. The van der Waals surface area contributed by atoms with E-state index in [2.05, 4.69) is 4.89 Å². The van der Waals surface area contributed by atoms with Gasteiger partial charge in [0.2, 0.25) is 0 Å². The molecular formula is C13H12O3. The van der Waals surface area contributed by atoms with Gasteiger partial charge in [-0.1, -0.05) is 60.7 Å². The van der Waals surface area contributed by atoms with Crippen molar-refractivity contribution in [1.29, 1.82) is 0 Å². The quantitative estimate of drug-likeness (QED) is 0.470. The van der Waals surface area contributed by atoms with E-state index in [1.165, 1.54) is 0 Å². The molecule has 0 atom stereocenters. The van der Waals surface area contributed by atoms with E-state index in [9.17, 15) is 5.11 Å². The Morgan fingerprint density at radius 3 is 1.44 bits per heavy atom. The van der Waals surface area contributed by atoms with Crippen LogP contribution >= 0.6 is 0 Å². The van der Waals surface area contributed by atoms with Gasteiger partial charge in [0, 0.05) is 11.1 Å². The minimum atomic E-state index is -1.82. The predicted octanol–water partition coefficient (Wildman–Crippen LogP) is 2.37. The molecule has 3 nitrogen and oxygen atoms in total. The third kappa shape index (κ3) is 1.84. The van der Waals surface area contributed by atoms with Crippen molar-refractivity contribution in [2.24, 2.45) is 0 Å². The fourth-order valence-corrected chi connectivity index (χ4v) is 1.60. The number of hydrogen-bond acceptors (Lipinski definition) is 3. The molecule has 0 bridgehead atoms. The van der Waals surface area contributed by atoms with Gasteiger partial charge in [-0.2, -0.15) is 4.89 Å².